The van der Waals surface area contributed by atoms with Gasteiger partial charge in [-0.15, -0.1) is 0 Å². The summed E-state index contributed by atoms with van der Waals surface area (Å²) in [5.41, 5.74) is 10.4. The smallest absolute Gasteiger partial charge is 0.410 e. The van der Waals surface area contributed by atoms with Gasteiger partial charge in [0, 0.05) is 25.8 Å². The van der Waals surface area contributed by atoms with Gasteiger partial charge >= 0.3 is 12.1 Å². The van der Waals surface area contributed by atoms with Gasteiger partial charge in [-0.1, -0.05) is 78.9 Å². The van der Waals surface area contributed by atoms with E-state index < -0.39 is 36.0 Å². The zero-order valence-corrected chi connectivity index (χ0v) is 22.5. The number of hydrogen-bond acceptors (Lipinski definition) is 6. The molecule has 3 N–H and O–H groups in total. The van der Waals surface area contributed by atoms with Gasteiger partial charge in [0.05, 0.1) is 7.11 Å². The van der Waals surface area contributed by atoms with E-state index in [1.807, 2.05) is 66.7 Å². The Kier molecular flexibility index (Phi) is 9.16. The lowest BCUT2D eigenvalue weighted by molar-refractivity contribution is -0.146. The highest BCUT2D eigenvalue weighted by Crippen LogP contribution is 2.44. The van der Waals surface area contributed by atoms with Gasteiger partial charge in [0.15, 0.2) is 0 Å². The molecule has 208 valence electrons. The molecule has 40 heavy (non-hydrogen) atoms. The minimum Gasteiger partial charge on any atom is -0.467 e. The number of esters is 1. The van der Waals surface area contributed by atoms with Crippen LogP contribution in [0.1, 0.15) is 35.4 Å². The van der Waals surface area contributed by atoms with Gasteiger partial charge in [-0.05, 0) is 34.2 Å². The minimum absolute atomic E-state index is 0.0273. The number of rotatable bonds is 11. The number of primary amides is 1. The second-order valence-corrected chi connectivity index (χ2v) is 9.71. The quantitative estimate of drug-likeness (QED) is 0.357. The highest BCUT2D eigenvalue weighted by atomic mass is 16.6. The molecule has 0 aliphatic heterocycles. The highest BCUT2D eigenvalue weighted by molar-refractivity contribution is 5.90. The lowest BCUT2D eigenvalue weighted by atomic mass is 9.98. The van der Waals surface area contributed by atoms with Crippen LogP contribution in [0, 0.1) is 0 Å². The molecule has 0 aromatic heterocycles. The molecule has 0 heterocycles. The number of ether oxygens (including phenoxy) is 2. The van der Waals surface area contributed by atoms with E-state index in [0.717, 1.165) is 27.8 Å². The van der Waals surface area contributed by atoms with Crippen LogP contribution in [0.15, 0.2) is 78.9 Å². The molecule has 9 nitrogen and oxygen atoms in total. The first-order chi connectivity index (χ1) is 19.3. The molecule has 1 aliphatic rings. The van der Waals surface area contributed by atoms with Crippen molar-refractivity contribution in [3.05, 3.63) is 95.6 Å². The molecule has 1 aliphatic carbocycles. The molecule has 0 fully saturated rings. The molecule has 2 atom stereocenters. The van der Waals surface area contributed by atoms with Crippen LogP contribution in [0.25, 0.3) is 11.1 Å². The number of likely N-dealkylation sites (N-methyl/N-ethyl adjacent to an activating group) is 1. The standard InChI is InChI=1S/C31H33N3O6/c1-34(31(38)40-19-25-23-14-8-6-12-21(23)22-13-7-9-15-24(22)25)27(18-20-10-4-3-5-11-20)29(36)33-26(30(37)39-2)16-17-28(32)35/h3-15,25-27H,16-19H2,1-2H3,(H2,32,35)(H,33,36)/t26-,27-/m0/s1. The Bertz CT molecular complexity index is 1330. The molecule has 0 radical (unpaired) electrons. The fourth-order valence-electron chi connectivity index (χ4n) is 5.01. The first-order valence-corrected chi connectivity index (χ1v) is 13.1. The van der Waals surface area contributed by atoms with Crippen LogP contribution in [0.2, 0.25) is 0 Å². The summed E-state index contributed by atoms with van der Waals surface area (Å²) in [4.78, 5) is 51.6. The van der Waals surface area contributed by atoms with Crippen molar-refractivity contribution < 1.29 is 28.7 Å². The number of benzene rings is 3. The van der Waals surface area contributed by atoms with E-state index in [9.17, 15) is 19.2 Å². The lowest BCUT2D eigenvalue weighted by Gasteiger charge is -2.29. The third-order valence-corrected chi connectivity index (χ3v) is 7.15. The number of nitrogens with one attached hydrogen (secondary N) is 1. The van der Waals surface area contributed by atoms with Gasteiger partial charge in [0.25, 0.3) is 0 Å². The van der Waals surface area contributed by atoms with Crippen LogP contribution in [-0.4, -0.2) is 61.6 Å². The van der Waals surface area contributed by atoms with Crippen LogP contribution in [0.4, 0.5) is 4.79 Å². The summed E-state index contributed by atoms with van der Waals surface area (Å²) < 4.78 is 10.6. The largest absolute Gasteiger partial charge is 0.467 e. The zero-order chi connectivity index (χ0) is 28.6. The Morgan fingerprint density at radius 2 is 1.48 bits per heavy atom. The van der Waals surface area contributed by atoms with E-state index in [1.165, 1.54) is 19.1 Å². The van der Waals surface area contributed by atoms with Crippen molar-refractivity contribution in [3.8, 4) is 11.1 Å². The molecule has 3 aromatic carbocycles. The molecule has 0 unspecified atom stereocenters. The van der Waals surface area contributed by atoms with Gasteiger partial charge in [-0.2, -0.15) is 0 Å². The first-order valence-electron chi connectivity index (χ1n) is 13.1. The Morgan fingerprint density at radius 1 is 0.900 bits per heavy atom. The molecule has 9 heteroatoms. The predicted octanol–water partition coefficient (Wildman–Crippen LogP) is 3.40. The molecule has 0 saturated carbocycles. The fraction of sp³-hybridized carbons (Fsp3) is 0.290. The number of amides is 3. The maximum atomic E-state index is 13.5. The third kappa shape index (κ3) is 6.48. The summed E-state index contributed by atoms with van der Waals surface area (Å²) in [6, 6.07) is 23.2. The number of carbonyl (C=O) groups is 4. The number of carbonyl (C=O) groups excluding carboxylic acids is 4. The molecule has 3 amide bonds. The molecular formula is C31H33N3O6. The van der Waals surface area contributed by atoms with Crippen LogP contribution in [0.3, 0.4) is 0 Å². The first kappa shape index (κ1) is 28.4. The molecule has 0 spiro atoms. The Balaban J connectivity index is 1.51. The monoisotopic (exact) mass is 543 g/mol. The summed E-state index contributed by atoms with van der Waals surface area (Å²) in [5, 5.41) is 2.63. The number of methoxy groups -OCH3 is 1. The van der Waals surface area contributed by atoms with Crippen LogP contribution in [0.5, 0.6) is 0 Å². The Morgan fingerprint density at radius 3 is 2.05 bits per heavy atom. The predicted molar refractivity (Wildman–Crippen MR) is 149 cm³/mol. The number of hydrogen-bond donors (Lipinski definition) is 2. The topological polar surface area (TPSA) is 128 Å². The van der Waals surface area contributed by atoms with Gasteiger partial charge < -0.3 is 20.5 Å². The summed E-state index contributed by atoms with van der Waals surface area (Å²) >= 11 is 0. The van der Waals surface area contributed by atoms with Crippen molar-refractivity contribution in [1.29, 1.82) is 0 Å². The highest BCUT2D eigenvalue weighted by Gasteiger charge is 2.34. The van der Waals surface area contributed by atoms with Crippen molar-refractivity contribution in [2.75, 3.05) is 20.8 Å². The molecule has 0 bridgehead atoms. The normalized spacial score (nSPS) is 13.3. The average Bonchev–Trinajstić information content (AvgIpc) is 3.29. The van der Waals surface area contributed by atoms with E-state index >= 15 is 0 Å². The van der Waals surface area contributed by atoms with Crippen molar-refractivity contribution >= 4 is 23.9 Å². The molecule has 0 saturated heterocycles. The number of nitrogens with zero attached hydrogens (tertiary/aromatic N) is 1. The Hall–Kier alpha value is -4.66. The molecule has 4 rings (SSSR count). The maximum Gasteiger partial charge on any atom is 0.410 e. The van der Waals surface area contributed by atoms with E-state index in [1.54, 1.807) is 0 Å². The summed E-state index contributed by atoms with van der Waals surface area (Å²) in [7, 11) is 2.68. The van der Waals surface area contributed by atoms with Gasteiger partial charge in [-0.25, -0.2) is 9.59 Å². The van der Waals surface area contributed by atoms with Crippen molar-refractivity contribution in [2.24, 2.45) is 5.73 Å². The summed E-state index contributed by atoms with van der Waals surface area (Å²) in [6.07, 6.45) is -0.645. The SMILES string of the molecule is COC(=O)[C@H](CCC(N)=O)NC(=O)[C@H](Cc1ccccc1)N(C)C(=O)OCC1c2ccccc2-c2ccccc21. The second-order valence-electron chi connectivity index (χ2n) is 9.71. The number of nitrogens with two attached hydrogens (primary N) is 1. The van der Waals surface area contributed by atoms with Gasteiger partial charge in [0.1, 0.15) is 18.7 Å². The fourth-order valence-corrected chi connectivity index (χ4v) is 5.01. The van der Waals surface area contributed by atoms with Crippen LogP contribution < -0.4 is 11.1 Å². The van der Waals surface area contributed by atoms with Crippen LogP contribution >= 0.6 is 0 Å². The van der Waals surface area contributed by atoms with E-state index in [4.69, 9.17) is 15.2 Å². The minimum atomic E-state index is -1.10. The van der Waals surface area contributed by atoms with Crippen LogP contribution in [-0.2, 0) is 30.3 Å². The second kappa shape index (κ2) is 12.9. The van der Waals surface area contributed by atoms with Gasteiger partial charge in [-0.3, -0.25) is 14.5 Å². The van der Waals surface area contributed by atoms with E-state index in [-0.39, 0.29) is 31.8 Å². The van der Waals surface area contributed by atoms with Crippen molar-refractivity contribution in [2.45, 2.75) is 37.3 Å². The summed E-state index contributed by atoms with van der Waals surface area (Å²) in [6.45, 7) is 0.0975. The Labute approximate surface area is 233 Å². The van der Waals surface area contributed by atoms with E-state index in [2.05, 4.69) is 17.4 Å². The number of fused-ring (bicyclic) bond motifs is 3. The average molecular weight is 544 g/mol. The van der Waals surface area contributed by atoms with Gasteiger partial charge in [0.2, 0.25) is 11.8 Å². The van der Waals surface area contributed by atoms with Crippen molar-refractivity contribution in [1.82, 2.24) is 10.2 Å². The molecular weight excluding hydrogens is 510 g/mol. The zero-order valence-electron chi connectivity index (χ0n) is 22.5. The third-order valence-electron chi connectivity index (χ3n) is 7.15. The molecule has 3 aromatic rings. The lowest BCUT2D eigenvalue weighted by Crippen LogP contribution is -2.53. The maximum absolute atomic E-state index is 13.5. The van der Waals surface area contributed by atoms with Crippen molar-refractivity contribution in [3.63, 3.8) is 0 Å². The van der Waals surface area contributed by atoms with E-state index in [0.29, 0.717) is 0 Å². The summed E-state index contributed by atoms with van der Waals surface area (Å²) in [5.74, 6) is -2.04.